The maximum atomic E-state index is 12.4. The number of nitrogens with zero attached hydrogens (tertiary/aromatic N) is 1. The molecule has 0 bridgehead atoms. The van der Waals surface area contributed by atoms with Gasteiger partial charge in [-0.15, -0.1) is 0 Å². The highest BCUT2D eigenvalue weighted by Gasteiger charge is 2.29. The van der Waals surface area contributed by atoms with Crippen molar-refractivity contribution in [1.82, 2.24) is 15.5 Å². The van der Waals surface area contributed by atoms with Gasteiger partial charge in [0.25, 0.3) is 5.91 Å². The highest BCUT2D eigenvalue weighted by Crippen LogP contribution is 2.28. The van der Waals surface area contributed by atoms with Gasteiger partial charge in [0, 0.05) is 31.1 Å². The van der Waals surface area contributed by atoms with Gasteiger partial charge in [-0.25, -0.2) is 0 Å². The summed E-state index contributed by atoms with van der Waals surface area (Å²) in [5, 5.41) is 5.41. The predicted molar refractivity (Wildman–Crippen MR) is 89.2 cm³/mol. The zero-order chi connectivity index (χ0) is 16.9. The normalized spacial score (nSPS) is 16.8. The molecule has 6 nitrogen and oxygen atoms in total. The zero-order valence-electron chi connectivity index (χ0n) is 13.7. The van der Waals surface area contributed by atoms with E-state index in [4.69, 9.17) is 0 Å². The van der Waals surface area contributed by atoms with Crippen LogP contribution in [0, 0.1) is 5.92 Å². The highest BCUT2D eigenvalue weighted by atomic mass is 16.2. The van der Waals surface area contributed by atoms with Gasteiger partial charge in [-0.05, 0) is 43.4 Å². The van der Waals surface area contributed by atoms with Crippen molar-refractivity contribution in [1.29, 1.82) is 0 Å². The molecule has 0 unspecified atom stereocenters. The fourth-order valence-corrected chi connectivity index (χ4v) is 2.84. The van der Waals surface area contributed by atoms with Gasteiger partial charge < -0.3 is 15.5 Å². The van der Waals surface area contributed by atoms with Crippen LogP contribution in [0.25, 0.3) is 0 Å². The van der Waals surface area contributed by atoms with Crippen molar-refractivity contribution in [3.63, 3.8) is 0 Å². The van der Waals surface area contributed by atoms with E-state index >= 15 is 0 Å². The molecule has 1 saturated heterocycles. The Labute approximate surface area is 141 Å². The summed E-state index contributed by atoms with van der Waals surface area (Å²) in [5.74, 6) is -0.105. The molecule has 2 aliphatic rings. The van der Waals surface area contributed by atoms with Gasteiger partial charge in [-0.1, -0.05) is 12.1 Å². The Morgan fingerprint density at radius 3 is 2.54 bits per heavy atom. The molecule has 1 aromatic rings. The van der Waals surface area contributed by atoms with Crippen molar-refractivity contribution in [2.24, 2.45) is 5.92 Å². The maximum absolute atomic E-state index is 12.4. The molecule has 128 valence electrons. The molecule has 1 aromatic carbocycles. The standard InChI is InChI=1S/C18H23N3O3/c22-16(12-20-17(23)14-6-7-14)19-11-13-4-3-5-15(10-13)18(24)21-8-1-2-9-21/h3-5,10,14H,1-2,6-9,11-12H2,(H,19,22)(H,20,23). The lowest BCUT2D eigenvalue weighted by molar-refractivity contribution is -0.126. The molecule has 0 spiro atoms. The summed E-state index contributed by atoms with van der Waals surface area (Å²) >= 11 is 0. The van der Waals surface area contributed by atoms with E-state index in [0.717, 1.165) is 44.3 Å². The Hall–Kier alpha value is -2.37. The SMILES string of the molecule is O=C(CNC(=O)C1CC1)NCc1cccc(C(=O)N2CCCC2)c1. The molecule has 1 heterocycles. The van der Waals surface area contributed by atoms with Crippen molar-refractivity contribution in [3.05, 3.63) is 35.4 Å². The molecule has 0 aromatic heterocycles. The molecule has 1 aliphatic heterocycles. The largest absolute Gasteiger partial charge is 0.350 e. The van der Waals surface area contributed by atoms with Crippen LogP contribution in [-0.4, -0.2) is 42.3 Å². The fourth-order valence-electron chi connectivity index (χ4n) is 2.84. The van der Waals surface area contributed by atoms with E-state index in [-0.39, 0.29) is 30.2 Å². The first kappa shape index (κ1) is 16.5. The van der Waals surface area contributed by atoms with E-state index in [9.17, 15) is 14.4 Å². The van der Waals surface area contributed by atoms with Crippen LogP contribution in [0.3, 0.4) is 0 Å². The average molecular weight is 329 g/mol. The topological polar surface area (TPSA) is 78.5 Å². The second kappa shape index (κ2) is 7.47. The van der Waals surface area contributed by atoms with Crippen LogP contribution >= 0.6 is 0 Å². The van der Waals surface area contributed by atoms with Gasteiger partial charge in [0.1, 0.15) is 0 Å². The minimum atomic E-state index is -0.222. The van der Waals surface area contributed by atoms with E-state index < -0.39 is 0 Å². The lowest BCUT2D eigenvalue weighted by Gasteiger charge is -2.15. The van der Waals surface area contributed by atoms with Crippen LogP contribution < -0.4 is 10.6 Å². The van der Waals surface area contributed by atoms with Crippen LogP contribution in [-0.2, 0) is 16.1 Å². The molecular formula is C18H23N3O3. The summed E-state index contributed by atoms with van der Waals surface area (Å²) in [6.45, 7) is 1.99. The van der Waals surface area contributed by atoms with Gasteiger partial charge in [-0.3, -0.25) is 14.4 Å². The first-order valence-electron chi connectivity index (χ1n) is 8.56. The van der Waals surface area contributed by atoms with Crippen LogP contribution in [0.4, 0.5) is 0 Å². The van der Waals surface area contributed by atoms with Crippen LogP contribution in [0.1, 0.15) is 41.6 Å². The third-order valence-corrected chi connectivity index (χ3v) is 4.43. The number of benzene rings is 1. The number of carbonyl (C=O) groups excluding carboxylic acids is 3. The van der Waals surface area contributed by atoms with E-state index in [0.29, 0.717) is 12.1 Å². The summed E-state index contributed by atoms with van der Waals surface area (Å²) in [7, 11) is 0. The van der Waals surface area contributed by atoms with Crippen molar-refractivity contribution < 1.29 is 14.4 Å². The Morgan fingerprint density at radius 1 is 1.08 bits per heavy atom. The Kier molecular flexibility index (Phi) is 5.13. The molecule has 1 saturated carbocycles. The van der Waals surface area contributed by atoms with Crippen molar-refractivity contribution in [2.75, 3.05) is 19.6 Å². The van der Waals surface area contributed by atoms with Gasteiger partial charge in [0.05, 0.1) is 6.54 Å². The van der Waals surface area contributed by atoms with Gasteiger partial charge in [0.15, 0.2) is 0 Å². The maximum Gasteiger partial charge on any atom is 0.253 e. The predicted octanol–water partition coefficient (Wildman–Crippen LogP) is 1.06. The zero-order valence-corrected chi connectivity index (χ0v) is 13.7. The second-order valence-corrected chi connectivity index (χ2v) is 6.47. The van der Waals surface area contributed by atoms with Crippen LogP contribution in [0.2, 0.25) is 0 Å². The number of rotatable bonds is 6. The first-order chi connectivity index (χ1) is 11.6. The number of hydrogen-bond donors (Lipinski definition) is 2. The summed E-state index contributed by atoms with van der Waals surface area (Å²) in [5.41, 5.74) is 1.53. The van der Waals surface area contributed by atoms with Crippen LogP contribution in [0.5, 0.6) is 0 Å². The fraction of sp³-hybridized carbons (Fsp3) is 0.500. The summed E-state index contributed by atoms with van der Waals surface area (Å²) in [6, 6.07) is 7.34. The lowest BCUT2D eigenvalue weighted by Crippen LogP contribution is -2.37. The highest BCUT2D eigenvalue weighted by molar-refractivity contribution is 5.94. The van der Waals surface area contributed by atoms with E-state index in [1.807, 2.05) is 29.2 Å². The molecule has 0 radical (unpaired) electrons. The molecule has 3 amide bonds. The minimum Gasteiger partial charge on any atom is -0.350 e. The monoisotopic (exact) mass is 329 g/mol. The molecule has 0 atom stereocenters. The number of nitrogens with one attached hydrogen (secondary N) is 2. The summed E-state index contributed by atoms with van der Waals surface area (Å²) < 4.78 is 0. The first-order valence-corrected chi connectivity index (χ1v) is 8.56. The van der Waals surface area contributed by atoms with Gasteiger partial charge in [-0.2, -0.15) is 0 Å². The smallest absolute Gasteiger partial charge is 0.253 e. The van der Waals surface area contributed by atoms with E-state index in [1.165, 1.54) is 0 Å². The second-order valence-electron chi connectivity index (χ2n) is 6.47. The third kappa shape index (κ3) is 4.34. The summed E-state index contributed by atoms with van der Waals surface area (Å²) in [6.07, 6.45) is 3.97. The number of carbonyl (C=O) groups is 3. The third-order valence-electron chi connectivity index (χ3n) is 4.43. The molecule has 24 heavy (non-hydrogen) atoms. The lowest BCUT2D eigenvalue weighted by atomic mass is 10.1. The van der Waals surface area contributed by atoms with E-state index in [1.54, 1.807) is 0 Å². The van der Waals surface area contributed by atoms with Gasteiger partial charge >= 0.3 is 0 Å². The Bertz CT molecular complexity index is 634. The molecule has 2 fully saturated rings. The van der Waals surface area contributed by atoms with E-state index in [2.05, 4.69) is 10.6 Å². The average Bonchev–Trinajstić information content (AvgIpc) is 3.32. The van der Waals surface area contributed by atoms with Gasteiger partial charge in [0.2, 0.25) is 11.8 Å². The summed E-state index contributed by atoms with van der Waals surface area (Å²) in [4.78, 5) is 37.5. The molecule has 2 N–H and O–H groups in total. The number of likely N-dealkylation sites (tertiary alicyclic amines) is 1. The van der Waals surface area contributed by atoms with Crippen molar-refractivity contribution in [3.8, 4) is 0 Å². The Morgan fingerprint density at radius 2 is 1.83 bits per heavy atom. The molecule has 1 aliphatic carbocycles. The molecular weight excluding hydrogens is 306 g/mol. The van der Waals surface area contributed by atoms with Crippen molar-refractivity contribution >= 4 is 17.7 Å². The molecule has 6 heteroatoms. The van der Waals surface area contributed by atoms with Crippen LogP contribution in [0.15, 0.2) is 24.3 Å². The molecule has 3 rings (SSSR count). The quantitative estimate of drug-likeness (QED) is 0.819. The minimum absolute atomic E-state index is 0.00172. The Balaban J connectivity index is 1.47. The number of hydrogen-bond acceptors (Lipinski definition) is 3. The van der Waals surface area contributed by atoms with Crippen molar-refractivity contribution in [2.45, 2.75) is 32.2 Å². The number of amides is 3.